The largest absolute Gasteiger partial charge is 0.484 e. The van der Waals surface area contributed by atoms with Crippen LogP contribution in [-0.2, 0) is 0 Å². The van der Waals surface area contributed by atoms with Crippen molar-refractivity contribution in [3.8, 4) is 17.0 Å². The molecule has 0 aliphatic carbocycles. The monoisotopic (exact) mass is 423 g/mol. The van der Waals surface area contributed by atoms with Crippen LogP contribution < -0.4 is 10.1 Å². The fourth-order valence-electron chi connectivity index (χ4n) is 3.02. The van der Waals surface area contributed by atoms with Crippen LogP contribution in [0.3, 0.4) is 0 Å². The van der Waals surface area contributed by atoms with Crippen LogP contribution in [0.15, 0.2) is 79.1 Å². The lowest BCUT2D eigenvalue weighted by molar-refractivity contribution is -0.153. The summed E-state index contributed by atoms with van der Waals surface area (Å²) in [6.07, 6.45) is -1.10. The van der Waals surface area contributed by atoms with E-state index in [1.54, 1.807) is 30.6 Å². The lowest BCUT2D eigenvalue weighted by Gasteiger charge is -2.12. The van der Waals surface area contributed by atoms with E-state index in [4.69, 9.17) is 0 Å². The summed E-state index contributed by atoms with van der Waals surface area (Å²) in [6, 6.07) is 18.3. The van der Waals surface area contributed by atoms with Gasteiger partial charge in [0, 0.05) is 29.0 Å². The molecular formula is C23H16F3N3O2. The van der Waals surface area contributed by atoms with Crippen LogP contribution in [0.25, 0.3) is 22.2 Å². The zero-order chi connectivity index (χ0) is 21.8. The maximum atomic E-state index is 13.0. The van der Waals surface area contributed by atoms with Gasteiger partial charge in [0.15, 0.2) is 6.61 Å². The van der Waals surface area contributed by atoms with E-state index in [0.717, 1.165) is 5.56 Å². The zero-order valence-electron chi connectivity index (χ0n) is 16.1. The van der Waals surface area contributed by atoms with Gasteiger partial charge in [0.1, 0.15) is 5.75 Å². The van der Waals surface area contributed by atoms with E-state index < -0.39 is 12.8 Å². The molecule has 2 aromatic carbocycles. The molecule has 1 N–H and O–H groups in total. The van der Waals surface area contributed by atoms with Gasteiger partial charge in [0.2, 0.25) is 0 Å². The number of hydrogen-bond donors (Lipinski definition) is 1. The molecular weight excluding hydrogens is 407 g/mol. The highest BCUT2D eigenvalue weighted by Crippen LogP contribution is 2.26. The molecule has 0 atom stereocenters. The summed E-state index contributed by atoms with van der Waals surface area (Å²) in [5, 5.41) is 3.45. The van der Waals surface area contributed by atoms with Gasteiger partial charge < -0.3 is 10.1 Å². The van der Waals surface area contributed by atoms with Crippen LogP contribution in [-0.4, -0.2) is 28.7 Å². The Bertz CT molecular complexity index is 1210. The van der Waals surface area contributed by atoms with E-state index in [1.807, 2.05) is 24.3 Å². The van der Waals surface area contributed by atoms with E-state index in [-0.39, 0.29) is 11.7 Å². The van der Waals surface area contributed by atoms with Crippen molar-refractivity contribution in [2.45, 2.75) is 6.18 Å². The fourth-order valence-corrected chi connectivity index (χ4v) is 3.02. The molecule has 31 heavy (non-hydrogen) atoms. The Balaban J connectivity index is 1.60. The number of amides is 1. The number of alkyl halides is 3. The third-order valence-corrected chi connectivity index (χ3v) is 4.43. The molecule has 1 amide bonds. The number of para-hydroxylation sites is 1. The molecule has 0 radical (unpaired) electrons. The summed E-state index contributed by atoms with van der Waals surface area (Å²) < 4.78 is 41.5. The number of benzene rings is 2. The number of carbonyl (C=O) groups is 1. The quantitative estimate of drug-likeness (QED) is 0.461. The van der Waals surface area contributed by atoms with E-state index in [2.05, 4.69) is 20.0 Å². The van der Waals surface area contributed by atoms with E-state index in [0.29, 0.717) is 27.8 Å². The number of hydrogen-bond acceptors (Lipinski definition) is 4. The molecule has 2 heterocycles. The van der Waals surface area contributed by atoms with Gasteiger partial charge in [-0.2, -0.15) is 13.2 Å². The molecule has 4 rings (SSSR count). The van der Waals surface area contributed by atoms with Crippen LogP contribution in [0.1, 0.15) is 10.4 Å². The Morgan fingerprint density at radius 2 is 1.77 bits per heavy atom. The minimum absolute atomic E-state index is 0.0588. The highest BCUT2D eigenvalue weighted by Gasteiger charge is 2.28. The highest BCUT2D eigenvalue weighted by atomic mass is 19.4. The highest BCUT2D eigenvalue weighted by molar-refractivity contribution is 6.13. The second kappa shape index (κ2) is 8.43. The van der Waals surface area contributed by atoms with Crippen LogP contribution in [0.5, 0.6) is 5.75 Å². The van der Waals surface area contributed by atoms with Crippen molar-refractivity contribution < 1.29 is 22.7 Å². The predicted octanol–water partition coefficient (Wildman–Crippen LogP) is 5.49. The van der Waals surface area contributed by atoms with E-state index in [1.165, 1.54) is 24.3 Å². The molecule has 2 aromatic heterocycles. The molecule has 156 valence electrons. The van der Waals surface area contributed by atoms with Crippen molar-refractivity contribution in [2.75, 3.05) is 11.9 Å². The molecule has 0 spiro atoms. The number of carbonyl (C=O) groups excluding carboxylic acids is 1. The molecule has 0 unspecified atom stereocenters. The Morgan fingerprint density at radius 3 is 2.48 bits per heavy atom. The van der Waals surface area contributed by atoms with Gasteiger partial charge >= 0.3 is 6.18 Å². The minimum atomic E-state index is -4.42. The first-order chi connectivity index (χ1) is 14.9. The number of aromatic nitrogens is 2. The van der Waals surface area contributed by atoms with Gasteiger partial charge in [0.05, 0.1) is 16.8 Å². The van der Waals surface area contributed by atoms with Crippen LogP contribution in [0, 0.1) is 0 Å². The number of pyridine rings is 2. The van der Waals surface area contributed by atoms with E-state index in [9.17, 15) is 18.0 Å². The maximum absolute atomic E-state index is 13.0. The SMILES string of the molecule is O=C(Nc1ccc(OCC(F)(F)F)cc1)c1cc(-c2cccnc2)nc2ccccc12. The normalized spacial score (nSPS) is 11.3. The van der Waals surface area contributed by atoms with Gasteiger partial charge in [-0.25, -0.2) is 4.98 Å². The lowest BCUT2D eigenvalue weighted by Crippen LogP contribution is -2.19. The number of rotatable bonds is 5. The third-order valence-electron chi connectivity index (χ3n) is 4.43. The molecule has 5 nitrogen and oxygen atoms in total. The first-order valence-electron chi connectivity index (χ1n) is 9.30. The lowest BCUT2D eigenvalue weighted by atomic mass is 10.0. The average molecular weight is 423 g/mol. The van der Waals surface area contributed by atoms with Crippen LogP contribution in [0.4, 0.5) is 18.9 Å². The average Bonchev–Trinajstić information content (AvgIpc) is 2.78. The number of nitrogens with one attached hydrogen (secondary N) is 1. The van der Waals surface area contributed by atoms with Crippen molar-refractivity contribution in [1.82, 2.24) is 9.97 Å². The predicted molar refractivity (Wildman–Crippen MR) is 111 cm³/mol. The maximum Gasteiger partial charge on any atom is 0.422 e. The molecule has 4 aromatic rings. The van der Waals surface area contributed by atoms with Crippen molar-refractivity contribution in [2.24, 2.45) is 0 Å². The Kier molecular flexibility index (Phi) is 5.53. The van der Waals surface area contributed by atoms with E-state index >= 15 is 0 Å². The van der Waals surface area contributed by atoms with Gasteiger partial charge in [0.25, 0.3) is 5.91 Å². The molecule has 0 saturated heterocycles. The van der Waals surface area contributed by atoms with Crippen molar-refractivity contribution >= 4 is 22.5 Å². The number of nitrogens with zero attached hydrogens (tertiary/aromatic N) is 2. The van der Waals surface area contributed by atoms with Crippen molar-refractivity contribution in [3.63, 3.8) is 0 Å². The number of ether oxygens (including phenoxy) is 1. The standard InChI is InChI=1S/C23H16F3N3O2/c24-23(25,26)14-31-17-9-7-16(8-10-17)28-22(30)19-12-21(15-4-3-11-27-13-15)29-20-6-2-1-5-18(19)20/h1-13H,14H2,(H,28,30). The summed E-state index contributed by atoms with van der Waals surface area (Å²) in [7, 11) is 0. The summed E-state index contributed by atoms with van der Waals surface area (Å²) in [6.45, 7) is -1.38. The minimum Gasteiger partial charge on any atom is -0.484 e. The summed E-state index contributed by atoms with van der Waals surface area (Å²) in [5.41, 5.74) is 2.88. The number of halogens is 3. The zero-order valence-corrected chi connectivity index (χ0v) is 16.1. The Morgan fingerprint density at radius 1 is 1.00 bits per heavy atom. The molecule has 0 fully saturated rings. The number of anilines is 1. The molecule has 8 heteroatoms. The van der Waals surface area contributed by atoms with Crippen LogP contribution >= 0.6 is 0 Å². The summed E-state index contributed by atoms with van der Waals surface area (Å²) in [5.74, 6) is -0.309. The Labute approximate surface area is 175 Å². The number of fused-ring (bicyclic) bond motifs is 1. The summed E-state index contributed by atoms with van der Waals surface area (Å²) >= 11 is 0. The first-order valence-corrected chi connectivity index (χ1v) is 9.30. The van der Waals surface area contributed by atoms with Crippen LogP contribution in [0.2, 0.25) is 0 Å². The smallest absolute Gasteiger partial charge is 0.422 e. The second-order valence-corrected chi connectivity index (χ2v) is 6.70. The van der Waals surface area contributed by atoms with Crippen molar-refractivity contribution in [1.29, 1.82) is 0 Å². The van der Waals surface area contributed by atoms with Gasteiger partial charge in [-0.15, -0.1) is 0 Å². The topological polar surface area (TPSA) is 64.1 Å². The van der Waals surface area contributed by atoms with Gasteiger partial charge in [-0.3, -0.25) is 9.78 Å². The molecule has 0 aliphatic rings. The van der Waals surface area contributed by atoms with Gasteiger partial charge in [-0.1, -0.05) is 18.2 Å². The molecule has 0 saturated carbocycles. The fraction of sp³-hybridized carbons (Fsp3) is 0.0870. The Hall–Kier alpha value is -3.94. The third kappa shape index (κ3) is 4.98. The molecule has 0 bridgehead atoms. The summed E-state index contributed by atoms with van der Waals surface area (Å²) in [4.78, 5) is 21.7. The first kappa shape index (κ1) is 20.3. The second-order valence-electron chi connectivity index (χ2n) is 6.70. The van der Waals surface area contributed by atoms with Gasteiger partial charge in [-0.05, 0) is 48.5 Å². The molecule has 0 aliphatic heterocycles. The van der Waals surface area contributed by atoms with Crippen molar-refractivity contribution in [3.05, 3.63) is 84.7 Å².